The zero-order valence-corrected chi connectivity index (χ0v) is 14.4. The molecule has 0 radical (unpaired) electrons. The van der Waals surface area contributed by atoms with E-state index in [-0.39, 0.29) is 27.9 Å². The molecule has 1 atom stereocenters. The van der Waals surface area contributed by atoms with Crippen molar-refractivity contribution < 1.29 is 19.2 Å². The van der Waals surface area contributed by atoms with Gasteiger partial charge in [-0.25, -0.2) is 9.35 Å². The zero-order valence-electron chi connectivity index (χ0n) is 13.6. The SMILES string of the molecule is Cc1ccc(-n2c(C(N)=O)nnc2-c2cc(S(N)=O)c(O)cc2O)cc1. The smallest absolute Gasteiger partial charge is 0.287 e. The Kier molecular flexibility index (Phi) is 4.45. The van der Waals surface area contributed by atoms with Crippen molar-refractivity contribution in [2.45, 2.75) is 11.8 Å². The third-order valence-corrected chi connectivity index (χ3v) is 4.47. The Labute approximate surface area is 150 Å². The molecule has 0 aliphatic heterocycles. The lowest BCUT2D eigenvalue weighted by atomic mass is 10.1. The van der Waals surface area contributed by atoms with Gasteiger partial charge in [-0.2, -0.15) is 0 Å². The number of phenols is 2. The van der Waals surface area contributed by atoms with Gasteiger partial charge in [0.25, 0.3) is 5.91 Å². The Bertz CT molecular complexity index is 1030. The molecule has 1 aromatic heterocycles. The molecule has 3 rings (SSSR count). The molecule has 6 N–H and O–H groups in total. The highest BCUT2D eigenvalue weighted by Gasteiger charge is 2.23. The monoisotopic (exact) mass is 373 g/mol. The Balaban J connectivity index is 2.30. The van der Waals surface area contributed by atoms with Crippen LogP contribution in [0.25, 0.3) is 17.1 Å². The van der Waals surface area contributed by atoms with Crippen LogP contribution in [0.1, 0.15) is 16.2 Å². The van der Waals surface area contributed by atoms with Crippen LogP contribution >= 0.6 is 0 Å². The minimum Gasteiger partial charge on any atom is -0.507 e. The van der Waals surface area contributed by atoms with Gasteiger partial charge < -0.3 is 15.9 Å². The second kappa shape index (κ2) is 6.58. The summed E-state index contributed by atoms with van der Waals surface area (Å²) < 4.78 is 13.0. The molecule has 0 spiro atoms. The molecule has 0 aliphatic carbocycles. The summed E-state index contributed by atoms with van der Waals surface area (Å²) in [6.07, 6.45) is 0. The molecule has 0 fully saturated rings. The number of hydrogen-bond acceptors (Lipinski definition) is 6. The molecule has 9 nitrogen and oxygen atoms in total. The molecule has 1 unspecified atom stereocenters. The van der Waals surface area contributed by atoms with Gasteiger partial charge in [0.05, 0.1) is 10.5 Å². The predicted molar refractivity (Wildman–Crippen MR) is 94.0 cm³/mol. The number of aromatic nitrogens is 3. The van der Waals surface area contributed by atoms with E-state index in [1.165, 1.54) is 10.6 Å². The quantitative estimate of drug-likeness (QED) is 0.528. The molecule has 1 amide bonds. The highest BCUT2D eigenvalue weighted by molar-refractivity contribution is 7.82. The molecule has 10 heteroatoms. The number of rotatable bonds is 4. The molecule has 26 heavy (non-hydrogen) atoms. The molecule has 0 saturated carbocycles. The average Bonchev–Trinajstić information content (AvgIpc) is 3.00. The lowest BCUT2D eigenvalue weighted by Crippen LogP contribution is -2.18. The maximum absolute atomic E-state index is 11.7. The van der Waals surface area contributed by atoms with Crippen LogP contribution in [0.5, 0.6) is 11.5 Å². The standard InChI is InChI=1S/C16H15N5O4S/c1-8-2-4-9(5-3-8)21-15(19-20-16(21)14(17)24)10-6-13(26(18)25)12(23)7-11(10)22/h2-7,22-23H,18H2,1H3,(H2,17,24). The minimum absolute atomic E-state index is 0.0758. The van der Waals surface area contributed by atoms with E-state index in [1.807, 2.05) is 19.1 Å². The van der Waals surface area contributed by atoms with Crippen molar-refractivity contribution in [2.75, 3.05) is 0 Å². The first kappa shape index (κ1) is 17.6. The van der Waals surface area contributed by atoms with Gasteiger partial charge in [0.1, 0.15) is 22.5 Å². The van der Waals surface area contributed by atoms with Gasteiger partial charge in [-0.1, -0.05) is 17.7 Å². The van der Waals surface area contributed by atoms with Crippen molar-refractivity contribution in [2.24, 2.45) is 10.9 Å². The Morgan fingerprint density at radius 3 is 2.35 bits per heavy atom. The number of aromatic hydroxyl groups is 2. The van der Waals surface area contributed by atoms with Crippen LogP contribution in [-0.2, 0) is 11.0 Å². The van der Waals surface area contributed by atoms with Gasteiger partial charge in [0.2, 0.25) is 5.82 Å². The summed E-state index contributed by atoms with van der Waals surface area (Å²) in [7, 11) is -2.00. The first-order chi connectivity index (χ1) is 12.3. The molecular weight excluding hydrogens is 358 g/mol. The highest BCUT2D eigenvalue weighted by atomic mass is 32.2. The van der Waals surface area contributed by atoms with Crippen molar-refractivity contribution in [1.29, 1.82) is 0 Å². The number of carbonyl (C=O) groups is 1. The van der Waals surface area contributed by atoms with E-state index >= 15 is 0 Å². The fraction of sp³-hybridized carbons (Fsp3) is 0.0625. The van der Waals surface area contributed by atoms with Crippen LogP contribution < -0.4 is 10.9 Å². The van der Waals surface area contributed by atoms with E-state index in [4.69, 9.17) is 10.9 Å². The van der Waals surface area contributed by atoms with Crippen molar-refractivity contribution in [1.82, 2.24) is 14.8 Å². The summed E-state index contributed by atoms with van der Waals surface area (Å²) in [5, 5.41) is 33.1. The maximum atomic E-state index is 11.7. The largest absolute Gasteiger partial charge is 0.507 e. The molecule has 2 aromatic carbocycles. The van der Waals surface area contributed by atoms with E-state index in [2.05, 4.69) is 10.2 Å². The van der Waals surface area contributed by atoms with Crippen molar-refractivity contribution >= 4 is 16.9 Å². The number of hydrogen-bond donors (Lipinski definition) is 4. The van der Waals surface area contributed by atoms with E-state index < -0.39 is 22.6 Å². The van der Waals surface area contributed by atoms with Gasteiger partial charge in [-0.3, -0.25) is 9.36 Å². The van der Waals surface area contributed by atoms with Crippen LogP contribution in [0.4, 0.5) is 0 Å². The average molecular weight is 373 g/mol. The van der Waals surface area contributed by atoms with Crippen LogP contribution in [-0.4, -0.2) is 35.1 Å². The molecule has 134 valence electrons. The predicted octanol–water partition coefficient (Wildman–Crippen LogP) is 0.734. The molecule has 0 saturated heterocycles. The summed E-state index contributed by atoms with van der Waals surface area (Å²) in [6.45, 7) is 1.90. The summed E-state index contributed by atoms with van der Waals surface area (Å²) in [6, 6.07) is 9.32. The molecule has 3 aromatic rings. The number of nitrogens with two attached hydrogens (primary N) is 2. The van der Waals surface area contributed by atoms with E-state index in [1.54, 1.807) is 12.1 Å². The molecule has 0 bridgehead atoms. The van der Waals surface area contributed by atoms with Crippen molar-refractivity contribution in [3.8, 4) is 28.6 Å². The maximum Gasteiger partial charge on any atom is 0.287 e. The number of carbonyl (C=O) groups excluding carboxylic acids is 1. The van der Waals surface area contributed by atoms with Crippen LogP contribution in [0.15, 0.2) is 41.3 Å². The number of primary amides is 1. The summed E-state index contributed by atoms with van der Waals surface area (Å²) >= 11 is 0. The zero-order chi connectivity index (χ0) is 19.0. The fourth-order valence-corrected chi connectivity index (χ4v) is 2.95. The first-order valence-corrected chi connectivity index (χ1v) is 8.55. The topological polar surface area (TPSA) is 157 Å². The Morgan fingerprint density at radius 2 is 1.77 bits per heavy atom. The van der Waals surface area contributed by atoms with Crippen LogP contribution in [0.3, 0.4) is 0 Å². The first-order valence-electron chi connectivity index (χ1n) is 7.34. The minimum atomic E-state index is -2.00. The van der Waals surface area contributed by atoms with E-state index in [0.717, 1.165) is 11.6 Å². The third kappa shape index (κ3) is 3.03. The van der Waals surface area contributed by atoms with Gasteiger partial charge in [-0.15, -0.1) is 10.2 Å². The lowest BCUT2D eigenvalue weighted by Gasteiger charge is -2.12. The van der Waals surface area contributed by atoms with Gasteiger partial charge in [0, 0.05) is 11.8 Å². The second-order valence-corrected chi connectivity index (χ2v) is 6.55. The number of nitrogens with zero attached hydrogens (tertiary/aromatic N) is 3. The highest BCUT2D eigenvalue weighted by Crippen LogP contribution is 2.36. The van der Waals surface area contributed by atoms with Crippen LogP contribution in [0.2, 0.25) is 0 Å². The van der Waals surface area contributed by atoms with Crippen molar-refractivity contribution in [3.05, 3.63) is 47.8 Å². The Morgan fingerprint density at radius 1 is 1.12 bits per heavy atom. The van der Waals surface area contributed by atoms with E-state index in [9.17, 15) is 19.2 Å². The number of phenolic OH excluding ortho intramolecular Hbond substituents is 2. The lowest BCUT2D eigenvalue weighted by molar-refractivity contribution is 0.0988. The number of amides is 1. The second-order valence-electron chi connectivity index (χ2n) is 5.52. The van der Waals surface area contributed by atoms with Crippen molar-refractivity contribution in [3.63, 3.8) is 0 Å². The third-order valence-electron chi connectivity index (χ3n) is 3.71. The number of benzene rings is 2. The molecule has 0 aliphatic rings. The summed E-state index contributed by atoms with van der Waals surface area (Å²) in [5.41, 5.74) is 6.99. The fourth-order valence-electron chi connectivity index (χ4n) is 2.45. The summed E-state index contributed by atoms with van der Waals surface area (Å²) in [4.78, 5) is 11.6. The summed E-state index contributed by atoms with van der Waals surface area (Å²) in [5.74, 6) is -1.67. The van der Waals surface area contributed by atoms with Crippen LogP contribution in [0, 0.1) is 6.92 Å². The molecular formula is C16H15N5O4S. The van der Waals surface area contributed by atoms with Gasteiger partial charge in [-0.05, 0) is 25.1 Å². The Hall–Kier alpha value is -3.24. The van der Waals surface area contributed by atoms with E-state index in [0.29, 0.717) is 5.69 Å². The van der Waals surface area contributed by atoms with Gasteiger partial charge >= 0.3 is 0 Å². The molecule has 1 heterocycles. The van der Waals surface area contributed by atoms with Gasteiger partial charge in [0.15, 0.2) is 5.82 Å². The normalized spacial score (nSPS) is 12.1. The number of aryl methyl sites for hydroxylation is 1.